The fourth-order valence-corrected chi connectivity index (χ4v) is 3.20. The van der Waals surface area contributed by atoms with Crippen molar-refractivity contribution in [2.75, 3.05) is 25.3 Å². The summed E-state index contributed by atoms with van der Waals surface area (Å²) in [5.74, 6) is 1.21. The van der Waals surface area contributed by atoms with Gasteiger partial charge in [0.15, 0.2) is 4.34 Å². The van der Waals surface area contributed by atoms with Crippen molar-refractivity contribution < 1.29 is 14.3 Å². The summed E-state index contributed by atoms with van der Waals surface area (Å²) < 4.78 is 10.5. The molecule has 1 aromatic carbocycles. The van der Waals surface area contributed by atoms with E-state index in [1.807, 2.05) is 24.3 Å². The van der Waals surface area contributed by atoms with Crippen LogP contribution in [0, 0.1) is 0 Å². The van der Waals surface area contributed by atoms with E-state index in [9.17, 15) is 4.79 Å². The number of nitrogens with zero attached hydrogens (tertiary/aromatic N) is 2. The predicted molar refractivity (Wildman–Crippen MR) is 83.5 cm³/mol. The predicted octanol–water partition coefficient (Wildman–Crippen LogP) is 2.95. The van der Waals surface area contributed by atoms with Crippen molar-refractivity contribution in [1.29, 1.82) is 0 Å². The molecule has 0 bridgehead atoms. The lowest BCUT2D eigenvalue weighted by Crippen LogP contribution is -2.00. The van der Waals surface area contributed by atoms with Gasteiger partial charge in [0, 0.05) is 11.4 Å². The molecular weight excluding hydrogens is 310 g/mol. The Morgan fingerprint density at radius 1 is 1.29 bits per heavy atom. The zero-order valence-corrected chi connectivity index (χ0v) is 13.3. The van der Waals surface area contributed by atoms with Gasteiger partial charge in [0.05, 0.1) is 20.6 Å². The molecule has 2 rings (SSSR count). The van der Waals surface area contributed by atoms with E-state index in [0.717, 1.165) is 15.8 Å². The molecule has 0 atom stereocenters. The average molecular weight is 325 g/mol. The molecule has 0 aliphatic rings. The number of ether oxygens (including phenoxy) is 2. The largest absolute Gasteiger partial charge is 0.497 e. The van der Waals surface area contributed by atoms with Gasteiger partial charge in [0.2, 0.25) is 5.13 Å². The first kappa shape index (κ1) is 15.6. The number of aromatic nitrogens is 2. The van der Waals surface area contributed by atoms with Gasteiger partial charge in [-0.1, -0.05) is 23.1 Å². The normalized spacial score (nSPS) is 10.2. The lowest BCUT2D eigenvalue weighted by Gasteiger charge is -2.03. The van der Waals surface area contributed by atoms with Crippen molar-refractivity contribution in [3.63, 3.8) is 0 Å². The summed E-state index contributed by atoms with van der Waals surface area (Å²) >= 11 is 2.93. The van der Waals surface area contributed by atoms with Crippen molar-refractivity contribution in [3.05, 3.63) is 24.3 Å². The minimum atomic E-state index is -0.219. The second-order valence-electron chi connectivity index (χ2n) is 3.90. The van der Waals surface area contributed by atoms with E-state index in [2.05, 4.69) is 20.3 Å². The molecule has 0 amide bonds. The van der Waals surface area contributed by atoms with Crippen LogP contribution in [0.15, 0.2) is 28.6 Å². The third-order valence-electron chi connectivity index (χ3n) is 2.51. The summed E-state index contributed by atoms with van der Waals surface area (Å²) in [4.78, 5) is 11.0. The van der Waals surface area contributed by atoms with Crippen LogP contribution in [0.2, 0.25) is 0 Å². The first-order valence-electron chi connectivity index (χ1n) is 6.15. The van der Waals surface area contributed by atoms with Gasteiger partial charge in [0.25, 0.3) is 0 Å². The highest BCUT2D eigenvalue weighted by Gasteiger charge is 2.07. The SMILES string of the molecule is COC(=O)CCSc1nnc(Nc2ccc(OC)cc2)s1. The van der Waals surface area contributed by atoms with Crippen molar-refractivity contribution in [1.82, 2.24) is 10.2 Å². The Kier molecular flexibility index (Phi) is 5.82. The Balaban J connectivity index is 1.85. The Labute approximate surface area is 130 Å². The maximum atomic E-state index is 11.0. The van der Waals surface area contributed by atoms with Crippen molar-refractivity contribution >= 4 is 39.9 Å². The van der Waals surface area contributed by atoms with Crippen LogP contribution in [0.4, 0.5) is 10.8 Å². The Morgan fingerprint density at radius 3 is 2.71 bits per heavy atom. The number of esters is 1. The van der Waals surface area contributed by atoms with Gasteiger partial charge in [-0.3, -0.25) is 4.79 Å². The number of nitrogens with one attached hydrogen (secondary N) is 1. The Morgan fingerprint density at radius 2 is 2.05 bits per heavy atom. The van der Waals surface area contributed by atoms with Gasteiger partial charge in [0.1, 0.15) is 5.75 Å². The first-order valence-corrected chi connectivity index (χ1v) is 7.95. The van der Waals surface area contributed by atoms with Gasteiger partial charge < -0.3 is 14.8 Å². The molecular formula is C13H15N3O3S2. The van der Waals surface area contributed by atoms with Gasteiger partial charge in [-0.25, -0.2) is 0 Å². The third-order valence-corrected chi connectivity index (χ3v) is 4.48. The van der Waals surface area contributed by atoms with Crippen LogP contribution in [-0.2, 0) is 9.53 Å². The molecule has 0 spiro atoms. The summed E-state index contributed by atoms with van der Waals surface area (Å²) in [6, 6.07) is 7.55. The molecule has 2 aromatic rings. The summed E-state index contributed by atoms with van der Waals surface area (Å²) in [5, 5.41) is 12.0. The van der Waals surface area contributed by atoms with Crippen LogP contribution >= 0.6 is 23.1 Å². The first-order chi connectivity index (χ1) is 10.2. The summed E-state index contributed by atoms with van der Waals surface area (Å²) in [6.07, 6.45) is 0.363. The third kappa shape index (κ3) is 4.91. The Hall–Kier alpha value is -1.80. The monoisotopic (exact) mass is 325 g/mol. The molecule has 8 heteroatoms. The number of thioether (sulfide) groups is 1. The van der Waals surface area contributed by atoms with Crippen LogP contribution < -0.4 is 10.1 Å². The molecule has 21 heavy (non-hydrogen) atoms. The maximum absolute atomic E-state index is 11.0. The topological polar surface area (TPSA) is 73.3 Å². The second-order valence-corrected chi connectivity index (χ2v) is 6.22. The zero-order valence-electron chi connectivity index (χ0n) is 11.7. The maximum Gasteiger partial charge on any atom is 0.306 e. The highest BCUT2D eigenvalue weighted by atomic mass is 32.2. The number of carbonyl (C=O) groups is 1. The number of hydrogen-bond donors (Lipinski definition) is 1. The quantitative estimate of drug-likeness (QED) is 0.619. The molecule has 0 unspecified atom stereocenters. The summed E-state index contributed by atoms with van der Waals surface area (Å²) in [5.41, 5.74) is 0.915. The van der Waals surface area contributed by atoms with E-state index in [1.54, 1.807) is 7.11 Å². The van der Waals surface area contributed by atoms with Crippen LogP contribution in [-0.4, -0.2) is 36.1 Å². The van der Waals surface area contributed by atoms with Gasteiger partial charge in [-0.2, -0.15) is 0 Å². The van der Waals surface area contributed by atoms with Crippen LogP contribution in [0.1, 0.15) is 6.42 Å². The van der Waals surface area contributed by atoms with E-state index in [-0.39, 0.29) is 5.97 Å². The van der Waals surface area contributed by atoms with Gasteiger partial charge in [-0.15, -0.1) is 10.2 Å². The van der Waals surface area contributed by atoms with E-state index in [1.165, 1.54) is 30.2 Å². The molecule has 112 valence electrons. The molecule has 1 aromatic heterocycles. The molecule has 0 aliphatic heterocycles. The second kappa shape index (κ2) is 7.84. The lowest BCUT2D eigenvalue weighted by molar-refractivity contribution is -0.140. The summed E-state index contributed by atoms with van der Waals surface area (Å²) in [6.45, 7) is 0. The smallest absolute Gasteiger partial charge is 0.306 e. The van der Waals surface area contributed by atoms with Crippen molar-refractivity contribution in [2.45, 2.75) is 10.8 Å². The standard InChI is InChI=1S/C13H15N3O3S2/c1-18-10-5-3-9(4-6-10)14-12-15-16-13(21-12)20-8-7-11(17)19-2/h3-6H,7-8H2,1-2H3,(H,14,15). The number of benzene rings is 1. The molecule has 0 saturated heterocycles. The van der Waals surface area contributed by atoms with Crippen LogP contribution in [0.3, 0.4) is 0 Å². The zero-order chi connectivity index (χ0) is 15.1. The molecule has 0 aliphatic carbocycles. The molecule has 0 radical (unpaired) electrons. The van der Waals surface area contributed by atoms with Crippen molar-refractivity contribution in [3.8, 4) is 5.75 Å². The number of methoxy groups -OCH3 is 2. The number of carbonyl (C=O) groups excluding carboxylic acids is 1. The van der Waals surface area contributed by atoms with E-state index in [4.69, 9.17) is 4.74 Å². The fraction of sp³-hybridized carbons (Fsp3) is 0.308. The van der Waals surface area contributed by atoms with Gasteiger partial charge in [-0.05, 0) is 24.3 Å². The van der Waals surface area contributed by atoms with Crippen LogP contribution in [0.25, 0.3) is 0 Å². The minimum absolute atomic E-state index is 0.219. The fourth-order valence-electron chi connectivity index (χ4n) is 1.44. The summed E-state index contributed by atoms with van der Waals surface area (Å²) in [7, 11) is 3.01. The highest BCUT2D eigenvalue weighted by molar-refractivity contribution is 8.01. The minimum Gasteiger partial charge on any atom is -0.497 e. The number of rotatable bonds is 7. The van der Waals surface area contributed by atoms with E-state index < -0.39 is 0 Å². The van der Waals surface area contributed by atoms with E-state index >= 15 is 0 Å². The highest BCUT2D eigenvalue weighted by Crippen LogP contribution is 2.28. The van der Waals surface area contributed by atoms with Crippen molar-refractivity contribution in [2.24, 2.45) is 0 Å². The average Bonchev–Trinajstić information content (AvgIpc) is 2.95. The molecule has 1 heterocycles. The van der Waals surface area contributed by atoms with Crippen LogP contribution in [0.5, 0.6) is 5.75 Å². The molecule has 0 fully saturated rings. The number of anilines is 2. The molecule has 1 N–H and O–H groups in total. The Bertz CT molecular complexity index is 587. The van der Waals surface area contributed by atoms with Gasteiger partial charge >= 0.3 is 5.97 Å². The van der Waals surface area contributed by atoms with E-state index in [0.29, 0.717) is 17.3 Å². The molecule has 0 saturated carbocycles. The number of hydrogen-bond acceptors (Lipinski definition) is 8. The lowest BCUT2D eigenvalue weighted by atomic mass is 10.3. The molecule has 6 nitrogen and oxygen atoms in total.